The van der Waals surface area contributed by atoms with Gasteiger partial charge in [-0.1, -0.05) is 37.3 Å². The average Bonchev–Trinajstić information content (AvgIpc) is 2.88. The molecule has 0 spiro atoms. The van der Waals surface area contributed by atoms with Gasteiger partial charge in [-0.2, -0.15) is 0 Å². The van der Waals surface area contributed by atoms with Gasteiger partial charge in [-0.05, 0) is 31.4 Å². The summed E-state index contributed by atoms with van der Waals surface area (Å²) in [7, 11) is 0. The van der Waals surface area contributed by atoms with E-state index in [9.17, 15) is 14.7 Å². The molecule has 2 rings (SSSR count). The molecule has 0 aliphatic heterocycles. The van der Waals surface area contributed by atoms with Crippen molar-refractivity contribution in [2.45, 2.75) is 33.2 Å². The minimum absolute atomic E-state index is 0.129. The molecular formula is C16H20N4O3. The number of carbonyl (C=O) groups excluding carboxylic acids is 1. The number of rotatable bonds is 6. The van der Waals surface area contributed by atoms with Crippen LogP contribution in [0.5, 0.6) is 0 Å². The van der Waals surface area contributed by atoms with Crippen LogP contribution in [0.3, 0.4) is 0 Å². The van der Waals surface area contributed by atoms with Gasteiger partial charge in [0.15, 0.2) is 5.69 Å². The number of nitrogens with zero attached hydrogens (tertiary/aromatic N) is 3. The standard InChI is InChI=1S/C16H20N4O3/c1-10(2)9-13(16(22)23)17-15(21)14-11(3)20(19-18-14)12-7-5-4-6-8-12/h4-8,10,13H,9H2,1-3H3,(H,17,21)(H,22,23)/t13-/m1/s1. The first-order valence-electron chi connectivity index (χ1n) is 7.41. The van der Waals surface area contributed by atoms with E-state index in [1.54, 1.807) is 11.6 Å². The van der Waals surface area contributed by atoms with Crippen LogP contribution in [-0.2, 0) is 4.79 Å². The molecule has 0 saturated carbocycles. The molecular weight excluding hydrogens is 296 g/mol. The highest BCUT2D eigenvalue weighted by Gasteiger charge is 2.25. The van der Waals surface area contributed by atoms with Crippen LogP contribution in [0.1, 0.15) is 36.5 Å². The lowest BCUT2D eigenvalue weighted by molar-refractivity contribution is -0.139. The Labute approximate surface area is 134 Å². The molecule has 23 heavy (non-hydrogen) atoms. The largest absolute Gasteiger partial charge is 0.480 e. The molecule has 0 aliphatic carbocycles. The maximum Gasteiger partial charge on any atom is 0.326 e. The Bertz CT molecular complexity index is 695. The Kier molecular flexibility index (Phi) is 5.10. The Morgan fingerprint density at radius 1 is 1.26 bits per heavy atom. The van der Waals surface area contributed by atoms with E-state index < -0.39 is 17.9 Å². The van der Waals surface area contributed by atoms with Crippen molar-refractivity contribution in [1.29, 1.82) is 0 Å². The first-order valence-corrected chi connectivity index (χ1v) is 7.41. The SMILES string of the molecule is Cc1c(C(=O)N[C@H](CC(C)C)C(=O)O)nnn1-c1ccccc1. The van der Waals surface area contributed by atoms with Crippen molar-refractivity contribution in [1.82, 2.24) is 20.3 Å². The predicted molar refractivity (Wildman–Crippen MR) is 84.4 cm³/mol. The van der Waals surface area contributed by atoms with Gasteiger partial charge in [0.2, 0.25) is 0 Å². The third-order valence-electron chi connectivity index (χ3n) is 3.42. The fourth-order valence-corrected chi connectivity index (χ4v) is 2.27. The van der Waals surface area contributed by atoms with Gasteiger partial charge >= 0.3 is 5.97 Å². The van der Waals surface area contributed by atoms with E-state index in [-0.39, 0.29) is 11.6 Å². The zero-order valence-corrected chi connectivity index (χ0v) is 13.4. The van der Waals surface area contributed by atoms with Crippen molar-refractivity contribution in [2.24, 2.45) is 5.92 Å². The Hall–Kier alpha value is -2.70. The summed E-state index contributed by atoms with van der Waals surface area (Å²) >= 11 is 0. The molecule has 0 aliphatic rings. The molecule has 1 aromatic carbocycles. The number of carboxylic acid groups (broad SMARTS) is 1. The van der Waals surface area contributed by atoms with Crippen molar-refractivity contribution in [2.75, 3.05) is 0 Å². The molecule has 0 bridgehead atoms. The topological polar surface area (TPSA) is 97.1 Å². The van der Waals surface area contributed by atoms with Gasteiger partial charge in [0.1, 0.15) is 6.04 Å². The van der Waals surface area contributed by atoms with Crippen LogP contribution < -0.4 is 5.32 Å². The van der Waals surface area contributed by atoms with Crippen LogP contribution in [0.4, 0.5) is 0 Å². The van der Waals surface area contributed by atoms with E-state index in [4.69, 9.17) is 0 Å². The molecule has 0 saturated heterocycles. The Balaban J connectivity index is 2.20. The second kappa shape index (κ2) is 7.04. The van der Waals surface area contributed by atoms with Crippen molar-refractivity contribution >= 4 is 11.9 Å². The molecule has 1 atom stereocenters. The highest BCUT2D eigenvalue weighted by Crippen LogP contribution is 2.12. The number of nitrogens with one attached hydrogen (secondary N) is 1. The van der Waals surface area contributed by atoms with Gasteiger partial charge < -0.3 is 10.4 Å². The fourth-order valence-electron chi connectivity index (χ4n) is 2.27. The van der Waals surface area contributed by atoms with E-state index >= 15 is 0 Å². The van der Waals surface area contributed by atoms with Crippen LogP contribution in [0.2, 0.25) is 0 Å². The van der Waals surface area contributed by atoms with E-state index in [0.29, 0.717) is 12.1 Å². The van der Waals surface area contributed by atoms with Gasteiger partial charge in [0.05, 0.1) is 11.4 Å². The van der Waals surface area contributed by atoms with Crippen molar-refractivity contribution < 1.29 is 14.7 Å². The van der Waals surface area contributed by atoms with Crippen LogP contribution in [0.15, 0.2) is 30.3 Å². The number of carboxylic acids is 1. The average molecular weight is 316 g/mol. The van der Waals surface area contributed by atoms with Crippen LogP contribution in [0.25, 0.3) is 5.69 Å². The minimum atomic E-state index is -1.06. The molecule has 0 unspecified atom stereocenters. The summed E-state index contributed by atoms with van der Waals surface area (Å²) in [5.74, 6) is -1.43. The number of para-hydroxylation sites is 1. The summed E-state index contributed by atoms with van der Waals surface area (Å²) in [5.41, 5.74) is 1.47. The zero-order valence-electron chi connectivity index (χ0n) is 13.4. The molecule has 1 heterocycles. The van der Waals surface area contributed by atoms with Gasteiger partial charge in [0, 0.05) is 0 Å². The first-order chi connectivity index (χ1) is 10.9. The number of aliphatic carboxylic acids is 1. The van der Waals surface area contributed by atoms with Gasteiger partial charge in [-0.3, -0.25) is 4.79 Å². The lowest BCUT2D eigenvalue weighted by atomic mass is 10.0. The molecule has 7 nitrogen and oxygen atoms in total. The predicted octanol–water partition coefficient (Wildman–Crippen LogP) is 1.80. The summed E-state index contributed by atoms with van der Waals surface area (Å²) < 4.78 is 1.55. The second-order valence-corrected chi connectivity index (χ2v) is 5.76. The first kappa shape index (κ1) is 16.7. The smallest absolute Gasteiger partial charge is 0.326 e. The van der Waals surface area contributed by atoms with Gasteiger partial charge in [-0.25, -0.2) is 9.48 Å². The summed E-state index contributed by atoms with van der Waals surface area (Å²) in [6.45, 7) is 5.53. The molecule has 0 fully saturated rings. The molecule has 2 aromatic rings. The van der Waals surface area contributed by atoms with Crippen LogP contribution in [0, 0.1) is 12.8 Å². The highest BCUT2D eigenvalue weighted by atomic mass is 16.4. The Morgan fingerprint density at radius 3 is 2.48 bits per heavy atom. The molecule has 1 aromatic heterocycles. The number of aromatic nitrogens is 3. The molecule has 1 amide bonds. The van der Waals surface area contributed by atoms with Crippen LogP contribution >= 0.6 is 0 Å². The third-order valence-corrected chi connectivity index (χ3v) is 3.42. The summed E-state index contributed by atoms with van der Waals surface area (Å²) in [6.07, 6.45) is 0.354. The highest BCUT2D eigenvalue weighted by molar-refractivity contribution is 5.95. The quantitative estimate of drug-likeness (QED) is 0.847. The van der Waals surface area contributed by atoms with E-state index in [1.807, 2.05) is 44.2 Å². The molecule has 7 heteroatoms. The monoisotopic (exact) mass is 316 g/mol. The molecule has 122 valence electrons. The summed E-state index contributed by atoms with van der Waals surface area (Å²) in [5, 5.41) is 19.6. The maximum absolute atomic E-state index is 12.3. The fraction of sp³-hybridized carbons (Fsp3) is 0.375. The minimum Gasteiger partial charge on any atom is -0.480 e. The lowest BCUT2D eigenvalue weighted by Gasteiger charge is -2.15. The summed E-state index contributed by atoms with van der Waals surface area (Å²) in [6, 6.07) is 8.36. The maximum atomic E-state index is 12.3. The number of benzene rings is 1. The van der Waals surface area contributed by atoms with Crippen molar-refractivity contribution in [3.8, 4) is 5.69 Å². The Morgan fingerprint density at radius 2 is 1.91 bits per heavy atom. The number of hydrogen-bond acceptors (Lipinski definition) is 4. The van der Waals surface area contributed by atoms with Crippen molar-refractivity contribution in [3.63, 3.8) is 0 Å². The normalized spacial score (nSPS) is 12.2. The van der Waals surface area contributed by atoms with Crippen LogP contribution in [-0.4, -0.2) is 38.0 Å². The van der Waals surface area contributed by atoms with E-state index in [0.717, 1.165) is 5.69 Å². The van der Waals surface area contributed by atoms with E-state index in [2.05, 4.69) is 15.6 Å². The number of amides is 1. The lowest BCUT2D eigenvalue weighted by Crippen LogP contribution is -2.42. The van der Waals surface area contributed by atoms with Gasteiger partial charge in [-0.15, -0.1) is 5.10 Å². The third kappa shape index (κ3) is 3.94. The summed E-state index contributed by atoms with van der Waals surface area (Å²) in [4.78, 5) is 23.6. The van der Waals surface area contributed by atoms with Crippen molar-refractivity contribution in [3.05, 3.63) is 41.7 Å². The van der Waals surface area contributed by atoms with E-state index in [1.165, 1.54) is 0 Å². The number of hydrogen-bond donors (Lipinski definition) is 2. The zero-order chi connectivity index (χ0) is 17.0. The second-order valence-electron chi connectivity index (χ2n) is 5.76. The number of carbonyl (C=O) groups is 2. The van der Waals surface area contributed by atoms with Gasteiger partial charge in [0.25, 0.3) is 5.91 Å². The molecule has 0 radical (unpaired) electrons. The molecule has 2 N–H and O–H groups in total.